The second-order valence-electron chi connectivity index (χ2n) is 3.00. The molecule has 2 unspecified atom stereocenters. The van der Waals surface area contributed by atoms with Gasteiger partial charge in [-0.1, -0.05) is 0 Å². The van der Waals surface area contributed by atoms with Gasteiger partial charge in [-0.2, -0.15) is 0 Å². The molecule has 0 aliphatic rings. The maximum Gasteiger partial charge on any atom is 0.318 e. The summed E-state index contributed by atoms with van der Waals surface area (Å²) in [4.78, 5) is 11.1. The van der Waals surface area contributed by atoms with Gasteiger partial charge in [0.15, 0.2) is 0 Å². The van der Waals surface area contributed by atoms with Crippen LogP contribution in [0.25, 0.3) is 0 Å². The summed E-state index contributed by atoms with van der Waals surface area (Å²) < 4.78 is 20.9. The van der Waals surface area contributed by atoms with Gasteiger partial charge in [0, 0.05) is 17.4 Å². The second-order valence-corrected chi connectivity index (χ2v) is 4.51. The Morgan fingerprint density at radius 3 is 2.69 bits per heavy atom. The summed E-state index contributed by atoms with van der Waals surface area (Å²) in [6, 6.07) is 0. The van der Waals surface area contributed by atoms with Crippen LogP contribution in [-0.2, 0) is 25.1 Å². The minimum absolute atomic E-state index is 0.128. The van der Waals surface area contributed by atoms with E-state index in [0.717, 1.165) is 0 Å². The van der Waals surface area contributed by atoms with Gasteiger partial charge in [0.25, 0.3) is 0 Å². The van der Waals surface area contributed by atoms with Gasteiger partial charge in [0.1, 0.15) is 12.4 Å². The average molecular weight is 254 g/mol. The van der Waals surface area contributed by atoms with Crippen LogP contribution in [0.4, 0.5) is 0 Å². The highest BCUT2D eigenvalue weighted by molar-refractivity contribution is 7.85. The van der Waals surface area contributed by atoms with E-state index in [4.69, 9.17) is 19.7 Å². The van der Waals surface area contributed by atoms with Gasteiger partial charge in [-0.3, -0.25) is 9.00 Å². The molecule has 0 bridgehead atoms. The number of carbonyl (C=O) groups is 1. The number of hydrogen-bond acceptors (Lipinski definition) is 6. The van der Waals surface area contributed by atoms with Crippen molar-refractivity contribution in [3.05, 3.63) is 0 Å². The third-order valence-corrected chi connectivity index (χ3v) is 2.88. The van der Waals surface area contributed by atoms with Gasteiger partial charge in [-0.15, -0.1) is 0 Å². The third kappa shape index (κ3) is 8.78. The molecule has 0 aliphatic carbocycles. The van der Waals surface area contributed by atoms with Crippen molar-refractivity contribution >= 4 is 16.8 Å². The lowest BCUT2D eigenvalue weighted by atomic mass is 10.4. The standard InChI is InChI=1S/C9H18O6S/c1-2-14-3-4-15-9(12)7-16(13)6-8(11)5-10/h8,10-11H,2-7H2,1H3. The molecule has 2 N–H and O–H groups in total. The molecule has 0 fully saturated rings. The van der Waals surface area contributed by atoms with Crippen LogP contribution in [-0.4, -0.2) is 64.4 Å². The summed E-state index contributed by atoms with van der Waals surface area (Å²) in [5.74, 6) is -0.997. The van der Waals surface area contributed by atoms with E-state index in [2.05, 4.69) is 0 Å². The van der Waals surface area contributed by atoms with E-state index in [9.17, 15) is 9.00 Å². The van der Waals surface area contributed by atoms with Crippen LogP contribution in [0.15, 0.2) is 0 Å². The predicted octanol–water partition coefficient (Wildman–Crippen LogP) is -1.33. The van der Waals surface area contributed by atoms with E-state index >= 15 is 0 Å². The van der Waals surface area contributed by atoms with Crippen molar-refractivity contribution in [2.75, 3.05) is 37.9 Å². The highest BCUT2D eigenvalue weighted by Gasteiger charge is 2.13. The maximum atomic E-state index is 11.2. The normalized spacial score (nSPS) is 14.4. The van der Waals surface area contributed by atoms with Crippen molar-refractivity contribution in [3.8, 4) is 0 Å². The third-order valence-electron chi connectivity index (χ3n) is 1.56. The summed E-state index contributed by atoms with van der Waals surface area (Å²) >= 11 is 0. The smallest absolute Gasteiger partial charge is 0.318 e. The molecule has 0 heterocycles. The number of hydrogen-bond donors (Lipinski definition) is 2. The van der Waals surface area contributed by atoms with Crippen molar-refractivity contribution in [1.82, 2.24) is 0 Å². The number of ether oxygens (including phenoxy) is 2. The Balaban J connectivity index is 3.58. The van der Waals surface area contributed by atoms with Crippen LogP contribution in [0.3, 0.4) is 0 Å². The zero-order valence-corrected chi connectivity index (χ0v) is 10.1. The minimum Gasteiger partial charge on any atom is -0.463 e. The molecule has 96 valence electrons. The van der Waals surface area contributed by atoms with E-state index in [-0.39, 0.29) is 18.1 Å². The Hall–Kier alpha value is -0.500. The van der Waals surface area contributed by atoms with Gasteiger partial charge >= 0.3 is 5.97 Å². The van der Waals surface area contributed by atoms with E-state index in [1.807, 2.05) is 6.92 Å². The summed E-state index contributed by atoms with van der Waals surface area (Å²) in [5.41, 5.74) is 0. The minimum atomic E-state index is -1.51. The van der Waals surface area contributed by atoms with Crippen molar-refractivity contribution in [3.63, 3.8) is 0 Å². The van der Waals surface area contributed by atoms with Gasteiger partial charge in [-0.25, -0.2) is 0 Å². The van der Waals surface area contributed by atoms with Crippen molar-refractivity contribution < 1.29 is 28.7 Å². The Labute approximate surface area is 97.0 Å². The molecule has 0 radical (unpaired) electrons. The molecule has 0 amide bonds. The molecule has 7 heteroatoms. The SMILES string of the molecule is CCOCCOC(=O)CS(=O)CC(O)CO. The monoisotopic (exact) mass is 254 g/mol. The summed E-state index contributed by atoms with van der Waals surface area (Å²) in [6.45, 7) is 2.35. The van der Waals surface area contributed by atoms with E-state index in [1.165, 1.54) is 0 Å². The largest absolute Gasteiger partial charge is 0.463 e. The summed E-state index contributed by atoms with van der Waals surface area (Å²) in [7, 11) is -1.51. The Morgan fingerprint density at radius 1 is 1.44 bits per heavy atom. The number of aliphatic hydroxyl groups excluding tert-OH is 2. The fourth-order valence-corrected chi connectivity index (χ4v) is 1.86. The second kappa shape index (κ2) is 9.71. The molecule has 0 saturated carbocycles. The molecular formula is C9H18O6S. The van der Waals surface area contributed by atoms with Gasteiger partial charge in [0.2, 0.25) is 0 Å². The summed E-state index contributed by atoms with van der Waals surface area (Å²) in [6.07, 6.45) is -1.06. The Bertz CT molecular complexity index is 220. The molecule has 0 spiro atoms. The number of rotatable bonds is 9. The highest BCUT2D eigenvalue weighted by atomic mass is 32.2. The fourth-order valence-electron chi connectivity index (χ4n) is 0.858. The lowest BCUT2D eigenvalue weighted by Crippen LogP contribution is -2.25. The average Bonchev–Trinajstić information content (AvgIpc) is 2.24. The molecule has 0 aliphatic heterocycles. The van der Waals surface area contributed by atoms with Gasteiger partial charge in [0.05, 0.1) is 25.1 Å². The zero-order chi connectivity index (χ0) is 12.4. The predicted molar refractivity (Wildman–Crippen MR) is 58.4 cm³/mol. The Kier molecular flexibility index (Phi) is 9.40. The molecule has 2 atom stereocenters. The molecular weight excluding hydrogens is 236 g/mol. The topological polar surface area (TPSA) is 93.1 Å². The first-order valence-electron chi connectivity index (χ1n) is 4.97. The zero-order valence-electron chi connectivity index (χ0n) is 9.26. The van der Waals surface area contributed by atoms with Crippen LogP contribution in [0.5, 0.6) is 0 Å². The molecule has 6 nitrogen and oxygen atoms in total. The van der Waals surface area contributed by atoms with Gasteiger partial charge < -0.3 is 19.7 Å². The van der Waals surface area contributed by atoms with Crippen LogP contribution in [0.2, 0.25) is 0 Å². The quantitative estimate of drug-likeness (QED) is 0.391. The molecule has 0 aromatic heterocycles. The lowest BCUT2D eigenvalue weighted by Gasteiger charge is -2.07. The number of aliphatic hydroxyl groups is 2. The van der Waals surface area contributed by atoms with Crippen LogP contribution in [0.1, 0.15) is 6.92 Å². The van der Waals surface area contributed by atoms with Crippen LogP contribution in [0, 0.1) is 0 Å². The van der Waals surface area contributed by atoms with E-state index < -0.39 is 29.5 Å². The van der Waals surface area contributed by atoms with E-state index in [1.54, 1.807) is 0 Å². The van der Waals surface area contributed by atoms with Crippen LogP contribution < -0.4 is 0 Å². The lowest BCUT2D eigenvalue weighted by molar-refractivity contribution is -0.141. The first-order chi connectivity index (χ1) is 7.60. The molecule has 0 aromatic rings. The maximum absolute atomic E-state index is 11.2. The summed E-state index contributed by atoms with van der Waals surface area (Å²) in [5, 5.41) is 17.5. The number of esters is 1. The van der Waals surface area contributed by atoms with Gasteiger partial charge in [-0.05, 0) is 6.92 Å². The van der Waals surface area contributed by atoms with Crippen molar-refractivity contribution in [2.24, 2.45) is 0 Å². The molecule has 0 saturated heterocycles. The van der Waals surface area contributed by atoms with Crippen LogP contribution >= 0.6 is 0 Å². The molecule has 0 aromatic carbocycles. The van der Waals surface area contributed by atoms with Crippen molar-refractivity contribution in [2.45, 2.75) is 13.0 Å². The van der Waals surface area contributed by atoms with Crippen molar-refractivity contribution in [1.29, 1.82) is 0 Å². The number of carbonyl (C=O) groups excluding carboxylic acids is 1. The van der Waals surface area contributed by atoms with E-state index in [0.29, 0.717) is 13.2 Å². The Morgan fingerprint density at radius 2 is 2.12 bits per heavy atom. The first-order valence-corrected chi connectivity index (χ1v) is 6.46. The fraction of sp³-hybridized carbons (Fsp3) is 0.889. The first kappa shape index (κ1) is 15.5. The molecule has 0 rings (SSSR count). The molecule has 16 heavy (non-hydrogen) atoms. The highest BCUT2D eigenvalue weighted by Crippen LogP contribution is 1.91.